The average molecular weight is 562 g/mol. The summed E-state index contributed by atoms with van der Waals surface area (Å²) in [6, 6.07) is 5.10. The fourth-order valence-corrected chi connectivity index (χ4v) is 5.95. The van der Waals surface area contributed by atoms with E-state index in [-0.39, 0.29) is 34.3 Å². The zero-order chi connectivity index (χ0) is 24.8. The van der Waals surface area contributed by atoms with Crippen LogP contribution in [0.25, 0.3) is 0 Å². The summed E-state index contributed by atoms with van der Waals surface area (Å²) >= 11 is 14.8. The SMILES string of the molecule is O=C(CSC1NN=C(NC(=O)[C@@H]2CCC(=O)N2)S1)NC[C@H]1CN(Cc2ccc(Cl)c(Cl)c2)CCO1. The van der Waals surface area contributed by atoms with Gasteiger partial charge in [0.05, 0.1) is 28.5 Å². The number of rotatable bonds is 8. The van der Waals surface area contributed by atoms with Gasteiger partial charge in [0.25, 0.3) is 0 Å². The van der Waals surface area contributed by atoms with Crippen LogP contribution in [0.3, 0.4) is 0 Å². The smallest absolute Gasteiger partial charge is 0.248 e. The van der Waals surface area contributed by atoms with Crippen molar-refractivity contribution in [3.63, 3.8) is 0 Å². The van der Waals surface area contributed by atoms with Crippen molar-refractivity contribution in [1.29, 1.82) is 0 Å². The van der Waals surface area contributed by atoms with Gasteiger partial charge in [-0.1, -0.05) is 29.3 Å². The molecule has 0 bridgehead atoms. The lowest BCUT2D eigenvalue weighted by atomic mass is 10.2. The van der Waals surface area contributed by atoms with Gasteiger partial charge in [0, 0.05) is 32.6 Å². The summed E-state index contributed by atoms with van der Waals surface area (Å²) in [4.78, 5) is 38.0. The number of benzene rings is 1. The van der Waals surface area contributed by atoms with Gasteiger partial charge in [0.1, 0.15) is 10.7 Å². The summed E-state index contributed by atoms with van der Waals surface area (Å²) in [5.74, 6) is -0.275. The Bertz CT molecular complexity index is 1000. The van der Waals surface area contributed by atoms with E-state index in [9.17, 15) is 14.4 Å². The fourth-order valence-electron chi connectivity index (χ4n) is 3.77. The molecule has 3 amide bonds. The van der Waals surface area contributed by atoms with Crippen molar-refractivity contribution in [2.75, 3.05) is 32.0 Å². The molecule has 3 aliphatic heterocycles. The van der Waals surface area contributed by atoms with Crippen LogP contribution in [0.1, 0.15) is 18.4 Å². The standard InChI is InChI=1S/C21H26Cl2N6O4S2/c22-14-2-1-12(7-15(14)23)9-29-5-6-33-13(10-29)8-24-18(31)11-34-21-28-27-20(35-21)26-19(32)16-3-4-17(30)25-16/h1-2,7,13,16,21,28H,3-6,8-11H2,(H,24,31)(H,25,30)(H,26,27,32)/t13-,16-,21?/m0/s1. The van der Waals surface area contributed by atoms with Gasteiger partial charge in [-0.25, -0.2) is 0 Å². The Morgan fingerprint density at radius 1 is 1.31 bits per heavy atom. The van der Waals surface area contributed by atoms with E-state index in [1.54, 1.807) is 6.07 Å². The van der Waals surface area contributed by atoms with Crippen molar-refractivity contribution in [2.45, 2.75) is 36.2 Å². The summed E-state index contributed by atoms with van der Waals surface area (Å²) in [6.07, 6.45) is 0.734. The molecule has 1 unspecified atom stereocenters. The Balaban J connectivity index is 1.11. The number of carbonyl (C=O) groups is 3. The van der Waals surface area contributed by atoms with E-state index in [0.29, 0.717) is 47.8 Å². The predicted molar refractivity (Wildman–Crippen MR) is 138 cm³/mol. The molecule has 0 radical (unpaired) electrons. The number of amidine groups is 1. The van der Waals surface area contributed by atoms with Gasteiger partial charge in [-0.15, -0.1) is 11.8 Å². The highest BCUT2D eigenvalue weighted by molar-refractivity contribution is 8.25. The number of ether oxygens (including phenoxy) is 1. The molecule has 3 atom stereocenters. The van der Waals surface area contributed by atoms with Crippen LogP contribution in [0.2, 0.25) is 10.0 Å². The molecule has 4 N–H and O–H groups in total. The molecule has 0 saturated carbocycles. The minimum Gasteiger partial charge on any atom is -0.374 e. The maximum atomic E-state index is 12.3. The summed E-state index contributed by atoms with van der Waals surface area (Å²) < 4.78 is 5.61. The minimum atomic E-state index is -0.523. The first-order valence-corrected chi connectivity index (χ1v) is 13.8. The minimum absolute atomic E-state index is 0.0966. The van der Waals surface area contributed by atoms with Crippen molar-refractivity contribution in [1.82, 2.24) is 26.3 Å². The third-order valence-electron chi connectivity index (χ3n) is 5.54. The maximum absolute atomic E-state index is 12.3. The van der Waals surface area contributed by atoms with Crippen molar-refractivity contribution in [3.8, 4) is 0 Å². The number of thioether (sulfide) groups is 2. The molecule has 2 saturated heterocycles. The molecule has 0 aromatic heterocycles. The molecule has 2 fully saturated rings. The third-order valence-corrected chi connectivity index (χ3v) is 8.55. The molecule has 1 aromatic rings. The highest BCUT2D eigenvalue weighted by Gasteiger charge is 2.30. The van der Waals surface area contributed by atoms with E-state index in [1.165, 1.54) is 23.5 Å². The molecule has 10 nitrogen and oxygen atoms in total. The van der Waals surface area contributed by atoms with Gasteiger partial charge in [-0.2, -0.15) is 5.10 Å². The lowest BCUT2D eigenvalue weighted by Gasteiger charge is -2.33. The molecule has 0 spiro atoms. The highest BCUT2D eigenvalue weighted by atomic mass is 35.5. The number of hydrogen-bond donors (Lipinski definition) is 4. The predicted octanol–water partition coefficient (Wildman–Crippen LogP) is 1.33. The Hall–Kier alpha value is -1.70. The highest BCUT2D eigenvalue weighted by Crippen LogP contribution is 2.26. The van der Waals surface area contributed by atoms with E-state index in [0.717, 1.165) is 18.7 Å². The van der Waals surface area contributed by atoms with Gasteiger partial charge >= 0.3 is 0 Å². The first-order valence-electron chi connectivity index (χ1n) is 11.1. The van der Waals surface area contributed by atoms with Crippen LogP contribution in [0.4, 0.5) is 0 Å². The van der Waals surface area contributed by atoms with E-state index in [1.807, 2.05) is 12.1 Å². The third kappa shape index (κ3) is 7.89. The molecular formula is C21H26Cl2N6O4S2. The Morgan fingerprint density at radius 2 is 2.17 bits per heavy atom. The second kappa shape index (κ2) is 12.5. The van der Waals surface area contributed by atoms with E-state index in [4.69, 9.17) is 27.9 Å². The lowest BCUT2D eigenvalue weighted by molar-refractivity contribution is -0.124. The van der Waals surface area contributed by atoms with E-state index >= 15 is 0 Å². The molecule has 35 heavy (non-hydrogen) atoms. The Morgan fingerprint density at radius 3 is 2.94 bits per heavy atom. The van der Waals surface area contributed by atoms with Crippen molar-refractivity contribution >= 4 is 69.6 Å². The average Bonchev–Trinajstić information content (AvgIpc) is 3.48. The van der Waals surface area contributed by atoms with E-state index in [2.05, 4.69) is 31.4 Å². The Kier molecular flexibility index (Phi) is 9.42. The summed E-state index contributed by atoms with van der Waals surface area (Å²) in [7, 11) is 0. The zero-order valence-electron chi connectivity index (χ0n) is 18.7. The van der Waals surface area contributed by atoms with Crippen LogP contribution in [-0.4, -0.2) is 76.6 Å². The number of morpholine rings is 1. The maximum Gasteiger partial charge on any atom is 0.248 e. The van der Waals surface area contributed by atoms with Crippen molar-refractivity contribution in [2.24, 2.45) is 5.10 Å². The molecule has 0 aliphatic carbocycles. The molecule has 190 valence electrons. The first-order chi connectivity index (χ1) is 16.9. The van der Waals surface area contributed by atoms with Crippen LogP contribution in [0, 0.1) is 0 Å². The van der Waals surface area contributed by atoms with Crippen molar-refractivity contribution in [3.05, 3.63) is 33.8 Å². The summed E-state index contributed by atoms with van der Waals surface area (Å²) in [6.45, 7) is 3.25. The van der Waals surface area contributed by atoms with Crippen LogP contribution in [0.15, 0.2) is 23.3 Å². The normalized spacial score (nSPS) is 24.5. The zero-order valence-corrected chi connectivity index (χ0v) is 21.9. The summed E-state index contributed by atoms with van der Waals surface area (Å²) in [5.41, 5.74) is 3.97. The fraction of sp³-hybridized carbons (Fsp3) is 0.524. The van der Waals surface area contributed by atoms with Gasteiger partial charge in [0.2, 0.25) is 17.7 Å². The number of amides is 3. The second-order valence-electron chi connectivity index (χ2n) is 8.24. The summed E-state index contributed by atoms with van der Waals surface area (Å²) in [5, 5.41) is 13.8. The second-order valence-corrected chi connectivity index (χ2v) is 11.5. The molecule has 3 aliphatic rings. The number of nitrogens with one attached hydrogen (secondary N) is 4. The number of halogens is 2. The molecule has 1 aromatic carbocycles. The van der Waals surface area contributed by atoms with Gasteiger partial charge in [0.15, 0.2) is 5.17 Å². The number of hydrogen-bond acceptors (Lipinski definition) is 9. The number of hydrazone groups is 1. The molecule has 14 heteroatoms. The monoisotopic (exact) mass is 560 g/mol. The van der Waals surface area contributed by atoms with Crippen molar-refractivity contribution < 1.29 is 19.1 Å². The van der Waals surface area contributed by atoms with Gasteiger partial charge in [-0.05, 0) is 35.9 Å². The van der Waals surface area contributed by atoms with Crippen LogP contribution in [0.5, 0.6) is 0 Å². The molecular weight excluding hydrogens is 535 g/mol. The Labute approximate surface area is 221 Å². The van der Waals surface area contributed by atoms with Crippen LogP contribution < -0.4 is 21.4 Å². The molecule has 4 rings (SSSR count). The van der Waals surface area contributed by atoms with Gasteiger partial charge < -0.3 is 20.7 Å². The van der Waals surface area contributed by atoms with E-state index < -0.39 is 6.04 Å². The largest absolute Gasteiger partial charge is 0.374 e. The lowest BCUT2D eigenvalue weighted by Crippen LogP contribution is -2.47. The first kappa shape index (κ1) is 26.4. The van der Waals surface area contributed by atoms with Crippen LogP contribution >= 0.6 is 46.7 Å². The number of nitrogens with zero attached hydrogens (tertiary/aromatic N) is 2. The van der Waals surface area contributed by atoms with Crippen LogP contribution in [-0.2, 0) is 25.7 Å². The topological polar surface area (TPSA) is 124 Å². The van der Waals surface area contributed by atoms with Gasteiger partial charge in [-0.3, -0.25) is 24.7 Å². The molecule has 3 heterocycles. The number of carbonyl (C=O) groups excluding carboxylic acids is 3. The quantitative estimate of drug-likeness (QED) is 0.375.